The first-order valence-corrected chi connectivity index (χ1v) is 10.3. The fraction of sp³-hybridized carbons (Fsp3) is 0.545. The molecule has 0 saturated carbocycles. The van der Waals surface area contributed by atoms with Gasteiger partial charge in [-0.05, 0) is 48.3 Å². The van der Waals surface area contributed by atoms with E-state index in [-0.39, 0.29) is 28.4 Å². The van der Waals surface area contributed by atoms with Crippen molar-refractivity contribution in [2.24, 2.45) is 11.3 Å². The molecule has 1 fully saturated rings. The summed E-state index contributed by atoms with van der Waals surface area (Å²) in [6.07, 6.45) is 4.90. The van der Waals surface area contributed by atoms with Gasteiger partial charge in [-0.25, -0.2) is 9.07 Å². The summed E-state index contributed by atoms with van der Waals surface area (Å²) in [5.74, 6) is 0.200. The predicted molar refractivity (Wildman–Crippen MR) is 113 cm³/mol. The summed E-state index contributed by atoms with van der Waals surface area (Å²) in [6, 6.07) is 6.38. The van der Waals surface area contributed by atoms with Crippen LogP contribution in [0.15, 0.2) is 35.3 Å². The molecule has 2 atom stereocenters. The van der Waals surface area contributed by atoms with Crippen LogP contribution >= 0.6 is 11.6 Å². The van der Waals surface area contributed by atoms with Gasteiger partial charge in [0.1, 0.15) is 10.8 Å². The molecule has 0 amide bonds. The minimum Gasteiger partial charge on any atom is -0.366 e. The van der Waals surface area contributed by atoms with Crippen LogP contribution in [0.5, 0.6) is 0 Å². The van der Waals surface area contributed by atoms with Crippen molar-refractivity contribution in [2.75, 3.05) is 11.4 Å². The predicted octanol–water partition coefficient (Wildman–Crippen LogP) is 5.13. The van der Waals surface area contributed by atoms with Gasteiger partial charge >= 0.3 is 0 Å². The maximum absolute atomic E-state index is 13.1. The van der Waals surface area contributed by atoms with E-state index >= 15 is 0 Å². The van der Waals surface area contributed by atoms with Crippen LogP contribution in [-0.2, 0) is 6.54 Å². The molecule has 1 saturated heterocycles. The highest BCUT2D eigenvalue weighted by atomic mass is 35.5. The molecule has 3 rings (SSSR count). The van der Waals surface area contributed by atoms with E-state index in [2.05, 4.69) is 37.7 Å². The molecule has 0 spiro atoms. The molecule has 1 aromatic heterocycles. The number of benzene rings is 1. The first-order valence-electron chi connectivity index (χ1n) is 9.97. The molecule has 1 aliphatic heterocycles. The first kappa shape index (κ1) is 20.8. The van der Waals surface area contributed by atoms with E-state index in [1.165, 1.54) is 16.8 Å². The summed E-state index contributed by atoms with van der Waals surface area (Å²) < 4.78 is 14.4. The Labute approximate surface area is 171 Å². The van der Waals surface area contributed by atoms with Crippen molar-refractivity contribution in [1.29, 1.82) is 0 Å². The van der Waals surface area contributed by atoms with Crippen LogP contribution in [0.2, 0.25) is 5.02 Å². The zero-order chi connectivity index (χ0) is 20.5. The van der Waals surface area contributed by atoms with Gasteiger partial charge in [0.2, 0.25) is 0 Å². The summed E-state index contributed by atoms with van der Waals surface area (Å²) in [4.78, 5) is 15.1. The molecule has 1 aromatic carbocycles. The molecule has 2 heterocycles. The average molecular weight is 406 g/mol. The summed E-state index contributed by atoms with van der Waals surface area (Å²) in [5, 5.41) is 4.59. The maximum atomic E-state index is 13.1. The van der Waals surface area contributed by atoms with Crippen molar-refractivity contribution < 1.29 is 4.39 Å². The van der Waals surface area contributed by atoms with E-state index in [9.17, 15) is 9.18 Å². The quantitative estimate of drug-likeness (QED) is 0.708. The number of anilines is 1. The third kappa shape index (κ3) is 4.57. The summed E-state index contributed by atoms with van der Waals surface area (Å²) in [7, 11) is 0. The van der Waals surface area contributed by atoms with E-state index in [0.29, 0.717) is 12.0 Å². The Kier molecular flexibility index (Phi) is 6.13. The molecule has 2 unspecified atom stereocenters. The monoisotopic (exact) mass is 405 g/mol. The van der Waals surface area contributed by atoms with Crippen LogP contribution in [0.25, 0.3) is 0 Å². The van der Waals surface area contributed by atoms with Gasteiger partial charge in [-0.3, -0.25) is 4.79 Å². The van der Waals surface area contributed by atoms with Crippen LogP contribution < -0.4 is 10.5 Å². The van der Waals surface area contributed by atoms with Gasteiger partial charge in [0.05, 0.1) is 18.4 Å². The molecule has 2 aromatic rings. The lowest BCUT2D eigenvalue weighted by molar-refractivity contribution is 0.268. The number of aromatic nitrogens is 2. The fourth-order valence-electron chi connectivity index (χ4n) is 4.52. The van der Waals surface area contributed by atoms with Crippen molar-refractivity contribution >= 4 is 17.3 Å². The van der Waals surface area contributed by atoms with E-state index in [4.69, 9.17) is 11.6 Å². The summed E-state index contributed by atoms with van der Waals surface area (Å²) >= 11 is 6.54. The smallest absolute Gasteiger partial charge is 0.287 e. The third-order valence-electron chi connectivity index (χ3n) is 5.63. The van der Waals surface area contributed by atoms with E-state index in [1.54, 1.807) is 18.3 Å². The standard InChI is InChI=1S/C22H29ClFN3O/c1-5-18-11-22(3,4)10-15(2)13-26(18)19-12-25-27(21(28)20(19)23)14-16-6-8-17(24)9-7-16/h6-9,12,15,18H,5,10-11,13-14H2,1-4H3. The molecule has 1 aliphatic rings. The number of hydrogen-bond acceptors (Lipinski definition) is 3. The van der Waals surface area contributed by atoms with Crippen LogP contribution in [-0.4, -0.2) is 22.4 Å². The molecule has 28 heavy (non-hydrogen) atoms. The number of hydrogen-bond donors (Lipinski definition) is 0. The Morgan fingerprint density at radius 1 is 1.25 bits per heavy atom. The highest BCUT2D eigenvalue weighted by Crippen LogP contribution is 2.39. The van der Waals surface area contributed by atoms with Gasteiger partial charge in [0.25, 0.3) is 5.56 Å². The van der Waals surface area contributed by atoms with Gasteiger partial charge in [-0.15, -0.1) is 0 Å². The Balaban J connectivity index is 1.92. The summed E-state index contributed by atoms with van der Waals surface area (Å²) in [6.45, 7) is 10.2. The molecule has 0 aliphatic carbocycles. The number of rotatable bonds is 4. The molecule has 0 bridgehead atoms. The summed E-state index contributed by atoms with van der Waals surface area (Å²) in [5.41, 5.74) is 1.47. The molecule has 0 N–H and O–H groups in total. The van der Waals surface area contributed by atoms with Crippen LogP contribution in [0.3, 0.4) is 0 Å². The van der Waals surface area contributed by atoms with Crippen LogP contribution in [0.1, 0.15) is 52.5 Å². The van der Waals surface area contributed by atoms with Crippen LogP contribution in [0.4, 0.5) is 10.1 Å². The minimum atomic E-state index is -0.311. The van der Waals surface area contributed by atoms with E-state index in [0.717, 1.165) is 37.1 Å². The topological polar surface area (TPSA) is 38.1 Å². The van der Waals surface area contributed by atoms with Gasteiger partial charge in [0.15, 0.2) is 0 Å². The molecule has 152 valence electrons. The Morgan fingerprint density at radius 3 is 2.57 bits per heavy atom. The van der Waals surface area contributed by atoms with Crippen molar-refractivity contribution in [3.63, 3.8) is 0 Å². The van der Waals surface area contributed by atoms with E-state index in [1.807, 2.05) is 0 Å². The minimum absolute atomic E-state index is 0.211. The molecular formula is C22H29ClFN3O. The lowest BCUT2D eigenvalue weighted by Gasteiger charge is -2.34. The highest BCUT2D eigenvalue weighted by molar-refractivity contribution is 6.33. The zero-order valence-corrected chi connectivity index (χ0v) is 17.8. The van der Waals surface area contributed by atoms with Crippen LogP contribution in [0, 0.1) is 17.2 Å². The average Bonchev–Trinajstić information content (AvgIpc) is 2.75. The van der Waals surface area contributed by atoms with Gasteiger partial charge in [0, 0.05) is 12.6 Å². The second kappa shape index (κ2) is 8.24. The van der Waals surface area contributed by atoms with Gasteiger partial charge in [-0.2, -0.15) is 5.10 Å². The normalized spacial score (nSPS) is 22.1. The zero-order valence-electron chi connectivity index (χ0n) is 17.1. The SMILES string of the molecule is CCC1CC(C)(C)CC(C)CN1c1cnn(Cc2ccc(F)cc2)c(=O)c1Cl. The first-order chi connectivity index (χ1) is 13.2. The highest BCUT2D eigenvalue weighted by Gasteiger charge is 2.34. The second-order valence-corrected chi connectivity index (χ2v) is 9.20. The lowest BCUT2D eigenvalue weighted by atomic mass is 9.79. The van der Waals surface area contributed by atoms with Crippen molar-refractivity contribution in [1.82, 2.24) is 9.78 Å². The largest absolute Gasteiger partial charge is 0.366 e. The molecular weight excluding hydrogens is 377 g/mol. The third-order valence-corrected chi connectivity index (χ3v) is 5.99. The van der Waals surface area contributed by atoms with Gasteiger partial charge in [-0.1, -0.05) is 51.4 Å². The molecule has 4 nitrogen and oxygen atoms in total. The fourth-order valence-corrected chi connectivity index (χ4v) is 4.77. The maximum Gasteiger partial charge on any atom is 0.287 e. The Morgan fingerprint density at radius 2 is 1.93 bits per heavy atom. The van der Waals surface area contributed by atoms with Crippen molar-refractivity contribution in [3.05, 3.63) is 57.2 Å². The van der Waals surface area contributed by atoms with Crippen molar-refractivity contribution in [2.45, 2.75) is 59.5 Å². The Hall–Kier alpha value is -1.88. The second-order valence-electron chi connectivity index (χ2n) is 8.83. The van der Waals surface area contributed by atoms with Crippen molar-refractivity contribution in [3.8, 4) is 0 Å². The molecule has 6 heteroatoms. The number of halogens is 2. The number of nitrogens with zero attached hydrogens (tertiary/aromatic N) is 3. The lowest BCUT2D eigenvalue weighted by Crippen LogP contribution is -2.39. The molecule has 0 radical (unpaired) electrons. The van der Waals surface area contributed by atoms with E-state index < -0.39 is 0 Å². The van der Waals surface area contributed by atoms with Gasteiger partial charge < -0.3 is 4.90 Å². The Bertz CT molecular complexity index is 878.